The number of nitrogens with zero attached hydrogens (tertiary/aromatic N) is 5. The molecular formula is C26H39N7. The number of benzene rings is 1. The first-order chi connectivity index (χ1) is 16.0. The molecule has 2 heterocycles. The van der Waals surface area contributed by atoms with Crippen LogP contribution >= 0.6 is 0 Å². The van der Waals surface area contributed by atoms with E-state index in [1.807, 2.05) is 45.9 Å². The summed E-state index contributed by atoms with van der Waals surface area (Å²) in [5.41, 5.74) is 7.51. The molecule has 2 aromatic heterocycles. The maximum absolute atomic E-state index is 5.85. The first kappa shape index (κ1) is 27.6. The van der Waals surface area contributed by atoms with Gasteiger partial charge in [-0.05, 0) is 29.3 Å². The third-order valence-electron chi connectivity index (χ3n) is 4.85. The molecule has 0 aliphatic heterocycles. The molecule has 7 nitrogen and oxygen atoms in total. The summed E-state index contributed by atoms with van der Waals surface area (Å²) in [5, 5.41) is 5.78. The van der Waals surface area contributed by atoms with E-state index in [1.54, 1.807) is 19.3 Å². The fraction of sp³-hybridized carbons (Fsp3) is 0.385. The van der Waals surface area contributed by atoms with Crippen LogP contribution in [0.5, 0.6) is 0 Å². The summed E-state index contributed by atoms with van der Waals surface area (Å²) in [4.78, 5) is 20.0. The van der Waals surface area contributed by atoms with Gasteiger partial charge in [-0.1, -0.05) is 78.1 Å². The van der Waals surface area contributed by atoms with Crippen molar-refractivity contribution in [2.24, 2.45) is 0 Å². The van der Waals surface area contributed by atoms with Crippen LogP contribution in [0.3, 0.4) is 0 Å². The van der Waals surface area contributed by atoms with Crippen LogP contribution in [0.15, 0.2) is 37.1 Å². The molecule has 7 heteroatoms. The molecule has 1 aromatic carbocycles. The lowest BCUT2D eigenvalue weighted by atomic mass is 10.0. The first-order valence-electron chi connectivity index (χ1n) is 11.6. The van der Waals surface area contributed by atoms with Gasteiger partial charge in [0.1, 0.15) is 5.82 Å². The van der Waals surface area contributed by atoms with Crippen LogP contribution in [-0.2, 0) is 0 Å². The van der Waals surface area contributed by atoms with Crippen molar-refractivity contribution in [1.82, 2.24) is 19.9 Å². The molecule has 0 radical (unpaired) electrons. The smallest absolute Gasteiger partial charge is 0.227 e. The molecule has 3 N–H and O–H groups in total. The average molecular weight is 450 g/mol. The van der Waals surface area contributed by atoms with E-state index in [4.69, 9.17) is 10.7 Å². The zero-order chi connectivity index (χ0) is 25.0. The van der Waals surface area contributed by atoms with E-state index in [-0.39, 0.29) is 12.0 Å². The number of nitrogens with one attached hydrogen (secondary N) is 1. The maximum Gasteiger partial charge on any atom is 0.227 e. The van der Waals surface area contributed by atoms with Crippen LogP contribution in [-0.4, -0.2) is 33.5 Å². The Bertz CT molecular complexity index is 1140. The summed E-state index contributed by atoms with van der Waals surface area (Å²) in [6, 6.07) is 6.16. The number of anilines is 3. The lowest BCUT2D eigenvalue weighted by Crippen LogP contribution is -2.36. The van der Waals surface area contributed by atoms with Gasteiger partial charge in [-0.25, -0.2) is 4.98 Å². The second-order valence-electron chi connectivity index (χ2n) is 6.78. The van der Waals surface area contributed by atoms with Gasteiger partial charge in [0.25, 0.3) is 0 Å². The molecule has 0 fully saturated rings. The molecule has 1 atom stereocenters. The van der Waals surface area contributed by atoms with Crippen LogP contribution in [0, 0.1) is 0 Å². The van der Waals surface area contributed by atoms with Gasteiger partial charge in [-0.3, -0.25) is 0 Å². The van der Waals surface area contributed by atoms with Gasteiger partial charge < -0.3 is 16.0 Å². The van der Waals surface area contributed by atoms with Crippen LogP contribution in [0.2, 0.25) is 0 Å². The number of hydrogen-bond acceptors (Lipinski definition) is 7. The predicted octanol–water partition coefficient (Wildman–Crippen LogP) is 4.45. The Morgan fingerprint density at radius 2 is 1.85 bits per heavy atom. The topological polar surface area (TPSA) is 92.9 Å². The second-order valence-corrected chi connectivity index (χ2v) is 6.78. The predicted molar refractivity (Wildman–Crippen MR) is 144 cm³/mol. The van der Waals surface area contributed by atoms with Gasteiger partial charge in [-0.15, -0.1) is 0 Å². The quantitative estimate of drug-likeness (QED) is 0.550. The second kappa shape index (κ2) is 13.8. The van der Waals surface area contributed by atoms with Crippen molar-refractivity contribution in [2.45, 2.75) is 54.0 Å². The van der Waals surface area contributed by atoms with E-state index >= 15 is 0 Å². The Morgan fingerprint density at radius 3 is 2.45 bits per heavy atom. The number of fused-ring (bicyclic) bond motifs is 1. The number of nitrogens with two attached hydrogens (primary N) is 1. The summed E-state index contributed by atoms with van der Waals surface area (Å²) in [6.45, 7) is 21.1. The summed E-state index contributed by atoms with van der Waals surface area (Å²) in [7, 11) is 1.78. The summed E-state index contributed by atoms with van der Waals surface area (Å²) in [5.74, 6) is 1.39. The highest BCUT2D eigenvalue weighted by atomic mass is 15.3. The van der Waals surface area contributed by atoms with Gasteiger partial charge >= 0.3 is 0 Å². The van der Waals surface area contributed by atoms with Crippen molar-refractivity contribution < 1.29 is 0 Å². The lowest BCUT2D eigenvalue weighted by Gasteiger charge is -2.30. The lowest BCUT2D eigenvalue weighted by molar-refractivity contribution is 0.638. The van der Waals surface area contributed by atoms with Crippen molar-refractivity contribution in [3.63, 3.8) is 0 Å². The summed E-state index contributed by atoms with van der Waals surface area (Å²) >= 11 is 0. The fourth-order valence-corrected chi connectivity index (χ4v) is 3.45. The van der Waals surface area contributed by atoms with Gasteiger partial charge in [0.15, 0.2) is 5.65 Å². The van der Waals surface area contributed by atoms with Crippen molar-refractivity contribution >= 4 is 41.4 Å². The minimum Gasteiger partial charge on any atom is -0.372 e. The van der Waals surface area contributed by atoms with E-state index in [0.717, 1.165) is 34.4 Å². The summed E-state index contributed by atoms with van der Waals surface area (Å²) < 4.78 is 0. The zero-order valence-corrected chi connectivity index (χ0v) is 21.2. The highest BCUT2D eigenvalue weighted by molar-refractivity contribution is 5.87. The minimum absolute atomic E-state index is 0.0308. The molecule has 3 aromatic rings. The highest BCUT2D eigenvalue weighted by Crippen LogP contribution is 2.25. The Morgan fingerprint density at radius 1 is 1.15 bits per heavy atom. The molecule has 0 bridgehead atoms. The van der Waals surface area contributed by atoms with E-state index in [1.165, 1.54) is 0 Å². The van der Waals surface area contributed by atoms with E-state index in [9.17, 15) is 0 Å². The zero-order valence-electron chi connectivity index (χ0n) is 21.2. The molecule has 33 heavy (non-hydrogen) atoms. The van der Waals surface area contributed by atoms with Crippen LogP contribution < -0.4 is 26.4 Å². The SMILES string of the molecule is C=C/C=c1/c(C(C)N(CCC)c2ncc3c(NC)nc(N)nc3n2)cccc1=C.CC.CC. The maximum atomic E-state index is 5.85. The Kier molecular flexibility index (Phi) is 11.5. The molecule has 0 aliphatic rings. The van der Waals surface area contributed by atoms with Crippen molar-refractivity contribution in [3.8, 4) is 0 Å². The monoisotopic (exact) mass is 449 g/mol. The normalized spacial score (nSPS) is 11.5. The highest BCUT2D eigenvalue weighted by Gasteiger charge is 2.20. The number of nitrogen functional groups attached to an aromatic ring is 1. The largest absolute Gasteiger partial charge is 0.372 e. The van der Waals surface area contributed by atoms with E-state index in [0.29, 0.717) is 17.4 Å². The Labute approximate surface area is 198 Å². The van der Waals surface area contributed by atoms with Crippen molar-refractivity contribution in [1.29, 1.82) is 0 Å². The van der Waals surface area contributed by atoms with Gasteiger partial charge in [0.05, 0.1) is 11.4 Å². The van der Waals surface area contributed by atoms with Gasteiger partial charge in [0.2, 0.25) is 11.9 Å². The van der Waals surface area contributed by atoms with E-state index < -0.39 is 0 Å². The molecule has 0 aliphatic carbocycles. The standard InChI is InChI=1S/C22H27N7.2C2H6/c1-6-9-16-14(3)10-8-11-17(16)15(4)29(12-7-2)22-25-13-18-19(24-5)26-21(23)27-20(18)28-22;2*1-2/h6,8-11,13,15H,1,3,7,12H2,2,4-5H3,(H3,23,24,25,26,27,28);2*1-2H3/b16-9+;;. The molecule has 0 amide bonds. The molecule has 0 spiro atoms. The van der Waals surface area contributed by atoms with Gasteiger partial charge in [-0.2, -0.15) is 15.0 Å². The van der Waals surface area contributed by atoms with Crippen LogP contribution in [0.4, 0.5) is 17.7 Å². The molecule has 0 saturated heterocycles. The third kappa shape index (κ3) is 6.51. The van der Waals surface area contributed by atoms with Gasteiger partial charge in [0, 0.05) is 19.8 Å². The first-order valence-corrected chi connectivity index (χ1v) is 11.6. The molecule has 1 unspecified atom stereocenters. The number of aromatic nitrogens is 4. The average Bonchev–Trinajstić information content (AvgIpc) is 2.85. The fourth-order valence-electron chi connectivity index (χ4n) is 3.45. The minimum atomic E-state index is 0.0308. The van der Waals surface area contributed by atoms with Crippen LogP contribution in [0.1, 0.15) is 59.6 Å². The molecular weight excluding hydrogens is 410 g/mol. The van der Waals surface area contributed by atoms with Crippen LogP contribution in [0.25, 0.3) is 23.7 Å². The molecule has 0 saturated carbocycles. The third-order valence-corrected chi connectivity index (χ3v) is 4.85. The summed E-state index contributed by atoms with van der Waals surface area (Å²) in [6.07, 6.45) is 6.47. The van der Waals surface area contributed by atoms with E-state index in [2.05, 4.69) is 58.2 Å². The number of hydrogen-bond donors (Lipinski definition) is 2. The molecule has 178 valence electrons. The van der Waals surface area contributed by atoms with Crippen molar-refractivity contribution in [3.05, 3.63) is 53.1 Å². The van der Waals surface area contributed by atoms with Crippen molar-refractivity contribution in [2.75, 3.05) is 29.5 Å². The Hall–Kier alpha value is -3.48. The Balaban J connectivity index is 0.00000129. The number of rotatable bonds is 7. The molecule has 3 rings (SSSR count). The number of allylic oxidation sites excluding steroid dienone is 1.